The van der Waals surface area contributed by atoms with Crippen molar-refractivity contribution in [2.45, 2.75) is 17.6 Å². The molecule has 1 unspecified atom stereocenters. The molecular weight excluding hydrogens is 447 g/mol. The first-order chi connectivity index (χ1) is 14.4. The maximum atomic E-state index is 12.2. The molecule has 1 aliphatic carbocycles. The summed E-state index contributed by atoms with van der Waals surface area (Å²) in [7, 11) is 0. The van der Waals surface area contributed by atoms with Gasteiger partial charge in [-0.15, -0.1) is 0 Å². The summed E-state index contributed by atoms with van der Waals surface area (Å²) in [5, 5.41) is 4.80. The maximum absolute atomic E-state index is 12.2. The molecule has 3 rings (SSSR count). The number of thioether (sulfide) groups is 1. The lowest BCUT2D eigenvalue weighted by atomic mass is 9.99. The number of pyridine rings is 1. The molecule has 1 aromatic heterocycles. The van der Waals surface area contributed by atoms with Crippen molar-refractivity contribution in [1.82, 2.24) is 15.2 Å². The molecule has 30 heavy (non-hydrogen) atoms. The van der Waals surface area contributed by atoms with Crippen molar-refractivity contribution in [3.05, 3.63) is 46.1 Å². The lowest BCUT2D eigenvalue weighted by Crippen LogP contribution is -2.48. The maximum Gasteiger partial charge on any atom is 0.250 e. The number of ether oxygens (including phenoxy) is 1. The monoisotopic (exact) mass is 470 g/mol. The summed E-state index contributed by atoms with van der Waals surface area (Å²) in [6, 6.07) is 3.27. The van der Waals surface area contributed by atoms with Gasteiger partial charge < -0.3 is 15.8 Å². The number of aromatic nitrogens is 1. The van der Waals surface area contributed by atoms with Crippen molar-refractivity contribution in [3.63, 3.8) is 0 Å². The fraction of sp³-hybridized carbons (Fsp3) is 0.450. The van der Waals surface area contributed by atoms with Gasteiger partial charge in [-0.2, -0.15) is 0 Å². The van der Waals surface area contributed by atoms with Crippen molar-refractivity contribution < 1.29 is 14.3 Å². The summed E-state index contributed by atoms with van der Waals surface area (Å²) in [4.78, 5) is 29.7. The third-order valence-electron chi connectivity index (χ3n) is 4.82. The van der Waals surface area contributed by atoms with Crippen molar-refractivity contribution in [2.24, 2.45) is 11.7 Å². The quantitative estimate of drug-likeness (QED) is 0.565. The van der Waals surface area contributed by atoms with Gasteiger partial charge in [0.2, 0.25) is 11.8 Å². The lowest BCUT2D eigenvalue weighted by molar-refractivity contribution is -0.119. The molecule has 1 aromatic rings. The first-order valence-corrected chi connectivity index (χ1v) is 11.4. The topological polar surface area (TPSA) is 97.5 Å². The molecule has 0 saturated carbocycles. The van der Waals surface area contributed by atoms with Gasteiger partial charge in [-0.05, 0) is 24.5 Å². The summed E-state index contributed by atoms with van der Waals surface area (Å²) in [6.45, 7) is 3.58. The number of carbonyl (C=O) groups excluding carboxylic acids is 2. The average molecular weight is 471 g/mol. The van der Waals surface area contributed by atoms with E-state index in [0.717, 1.165) is 26.1 Å². The molecule has 2 heterocycles. The molecule has 3 N–H and O–H groups in total. The number of nitrogens with zero attached hydrogens (tertiary/aromatic N) is 2. The Balaban J connectivity index is 1.37. The van der Waals surface area contributed by atoms with E-state index < -0.39 is 5.91 Å². The van der Waals surface area contributed by atoms with Gasteiger partial charge in [0.1, 0.15) is 0 Å². The number of nitrogens with one attached hydrogen (secondary N) is 1. The second-order valence-corrected chi connectivity index (χ2v) is 8.97. The highest BCUT2D eigenvalue weighted by Crippen LogP contribution is 2.29. The van der Waals surface area contributed by atoms with E-state index in [0.29, 0.717) is 39.7 Å². The fourth-order valence-corrected chi connectivity index (χ4v) is 4.35. The van der Waals surface area contributed by atoms with Crippen LogP contribution in [0.25, 0.3) is 0 Å². The number of rotatable bonds is 8. The Labute approximate surface area is 190 Å². The molecule has 162 valence electrons. The van der Waals surface area contributed by atoms with E-state index in [1.807, 2.05) is 12.2 Å². The van der Waals surface area contributed by atoms with Crippen LogP contribution in [-0.4, -0.2) is 66.3 Å². The zero-order valence-electron chi connectivity index (χ0n) is 16.4. The third kappa shape index (κ3) is 6.99. The van der Waals surface area contributed by atoms with E-state index >= 15 is 0 Å². The molecule has 10 heteroatoms. The molecular formula is C20H24Cl2N4O3S. The molecule has 0 radical (unpaired) electrons. The normalized spacial score (nSPS) is 22.2. The van der Waals surface area contributed by atoms with Gasteiger partial charge in [-0.1, -0.05) is 47.1 Å². The zero-order chi connectivity index (χ0) is 21.5. The largest absolute Gasteiger partial charge is 0.374 e. The molecule has 1 aliphatic heterocycles. The Hall–Kier alpha value is -1.58. The van der Waals surface area contributed by atoms with Gasteiger partial charge in [0.25, 0.3) is 0 Å². The van der Waals surface area contributed by atoms with Crippen LogP contribution in [0.3, 0.4) is 0 Å². The Morgan fingerprint density at radius 2 is 2.17 bits per heavy atom. The van der Waals surface area contributed by atoms with Gasteiger partial charge in [0.05, 0.1) is 39.1 Å². The number of allylic oxidation sites excluding steroid dienone is 3. The summed E-state index contributed by atoms with van der Waals surface area (Å²) in [6.07, 6.45) is 6.20. The SMILES string of the molecule is NC(=O)c1ccc(SCC(=O)NC[C@H]2CN(CC3C=C(Cl)C(Cl)=CC3)CCO2)nc1. The Morgan fingerprint density at radius 3 is 2.87 bits per heavy atom. The van der Waals surface area contributed by atoms with Crippen molar-refractivity contribution in [1.29, 1.82) is 0 Å². The number of carbonyl (C=O) groups is 2. The Bertz CT molecular complexity index is 832. The molecule has 0 spiro atoms. The van der Waals surface area contributed by atoms with Gasteiger partial charge in [0.15, 0.2) is 0 Å². The van der Waals surface area contributed by atoms with Crippen LogP contribution in [0.15, 0.2) is 45.6 Å². The second kappa shape index (κ2) is 11.2. The predicted molar refractivity (Wildman–Crippen MR) is 119 cm³/mol. The van der Waals surface area contributed by atoms with E-state index in [-0.39, 0.29) is 17.8 Å². The Kier molecular flexibility index (Phi) is 8.59. The molecule has 2 atom stereocenters. The van der Waals surface area contributed by atoms with E-state index in [9.17, 15) is 9.59 Å². The zero-order valence-corrected chi connectivity index (χ0v) is 18.7. The molecule has 0 aromatic carbocycles. The fourth-order valence-electron chi connectivity index (χ4n) is 3.27. The van der Waals surface area contributed by atoms with E-state index in [1.54, 1.807) is 12.1 Å². The lowest BCUT2D eigenvalue weighted by Gasteiger charge is -2.35. The minimum Gasteiger partial charge on any atom is -0.374 e. The van der Waals surface area contributed by atoms with Crippen molar-refractivity contribution >= 4 is 46.8 Å². The number of nitrogens with two attached hydrogens (primary N) is 1. The van der Waals surface area contributed by atoms with Crippen LogP contribution >= 0.6 is 35.0 Å². The summed E-state index contributed by atoms with van der Waals surface area (Å²) < 4.78 is 5.79. The summed E-state index contributed by atoms with van der Waals surface area (Å²) in [5.74, 6) is -0.0553. The second-order valence-electron chi connectivity index (χ2n) is 7.16. The number of hydrogen-bond acceptors (Lipinski definition) is 6. The minimum absolute atomic E-state index is 0.0529. The standard InChI is InChI=1S/C20H24Cl2N4O3S/c21-16-3-1-13(7-17(16)22)10-26-5-6-29-15(11-26)9-24-18(27)12-30-19-4-2-14(8-25-19)20(23)28/h2-4,7-8,13,15H,1,5-6,9-12H2,(H2,23,28)(H,24,27)/t13?,15-/m0/s1. The number of amides is 2. The van der Waals surface area contributed by atoms with Gasteiger partial charge in [-0.25, -0.2) is 4.98 Å². The van der Waals surface area contributed by atoms with Crippen molar-refractivity contribution in [2.75, 3.05) is 38.5 Å². The predicted octanol–water partition coefficient (Wildman–Crippen LogP) is 2.35. The number of morpholine rings is 1. The Morgan fingerprint density at radius 1 is 1.33 bits per heavy atom. The first kappa shape index (κ1) is 23.1. The summed E-state index contributed by atoms with van der Waals surface area (Å²) >= 11 is 13.4. The van der Waals surface area contributed by atoms with Crippen LogP contribution in [0.1, 0.15) is 16.8 Å². The first-order valence-electron chi connectivity index (χ1n) is 9.63. The van der Waals surface area contributed by atoms with E-state index in [4.69, 9.17) is 33.7 Å². The highest BCUT2D eigenvalue weighted by Gasteiger charge is 2.24. The number of halogens is 2. The van der Waals surface area contributed by atoms with Gasteiger partial charge >= 0.3 is 0 Å². The third-order valence-corrected chi connectivity index (χ3v) is 6.55. The van der Waals surface area contributed by atoms with Crippen LogP contribution in [0.5, 0.6) is 0 Å². The molecule has 7 nitrogen and oxygen atoms in total. The van der Waals surface area contributed by atoms with Gasteiger partial charge in [0, 0.05) is 32.4 Å². The van der Waals surface area contributed by atoms with Crippen LogP contribution in [0.2, 0.25) is 0 Å². The van der Waals surface area contributed by atoms with Crippen molar-refractivity contribution in [3.8, 4) is 0 Å². The smallest absolute Gasteiger partial charge is 0.250 e. The van der Waals surface area contributed by atoms with Crippen LogP contribution < -0.4 is 11.1 Å². The average Bonchev–Trinajstić information content (AvgIpc) is 2.74. The van der Waals surface area contributed by atoms with Crippen LogP contribution in [-0.2, 0) is 9.53 Å². The molecule has 2 aliphatic rings. The molecule has 0 bridgehead atoms. The van der Waals surface area contributed by atoms with E-state index in [2.05, 4.69) is 15.2 Å². The van der Waals surface area contributed by atoms with E-state index in [1.165, 1.54) is 18.0 Å². The number of hydrogen-bond donors (Lipinski definition) is 2. The van der Waals surface area contributed by atoms with Crippen LogP contribution in [0, 0.1) is 5.92 Å². The minimum atomic E-state index is -0.527. The number of primary amides is 1. The van der Waals surface area contributed by atoms with Gasteiger partial charge in [-0.3, -0.25) is 14.5 Å². The molecule has 1 fully saturated rings. The highest BCUT2D eigenvalue weighted by molar-refractivity contribution is 7.99. The van der Waals surface area contributed by atoms with Crippen LogP contribution in [0.4, 0.5) is 0 Å². The summed E-state index contributed by atoms with van der Waals surface area (Å²) in [5.41, 5.74) is 5.53. The molecule has 2 amide bonds. The molecule has 1 saturated heterocycles. The highest BCUT2D eigenvalue weighted by atomic mass is 35.5.